The quantitative estimate of drug-likeness (QED) is 0.469. The molecule has 6 heteroatoms. The molecule has 0 aliphatic carbocycles. The molecule has 0 saturated carbocycles. The van der Waals surface area contributed by atoms with Crippen molar-refractivity contribution in [2.45, 2.75) is 6.42 Å². The Labute approximate surface area is 147 Å². The van der Waals surface area contributed by atoms with Gasteiger partial charge in [0.1, 0.15) is 13.2 Å². The lowest BCUT2D eigenvalue weighted by molar-refractivity contribution is -0.120. The lowest BCUT2D eigenvalue weighted by Crippen LogP contribution is -2.20. The number of hydrazone groups is 1. The summed E-state index contributed by atoms with van der Waals surface area (Å²) in [4.78, 5) is 11.9. The number of nitrogens with zero attached hydrogens (tertiary/aromatic N) is 1. The van der Waals surface area contributed by atoms with Gasteiger partial charge in [0.05, 0.1) is 12.6 Å². The maximum atomic E-state index is 11.9. The minimum absolute atomic E-state index is 0.177. The van der Waals surface area contributed by atoms with Crippen LogP contribution >= 0.6 is 22.6 Å². The monoisotopic (exact) mass is 422 g/mol. The number of nitrogens with one attached hydrogen (secondary N) is 1. The predicted molar refractivity (Wildman–Crippen MR) is 96.0 cm³/mol. The van der Waals surface area contributed by atoms with E-state index in [1.807, 2.05) is 42.5 Å². The first-order valence-electron chi connectivity index (χ1n) is 7.17. The minimum atomic E-state index is -0.177. The summed E-state index contributed by atoms with van der Waals surface area (Å²) >= 11 is 2.24. The van der Waals surface area contributed by atoms with Gasteiger partial charge in [0.2, 0.25) is 5.91 Å². The highest BCUT2D eigenvalue weighted by Gasteiger charge is 2.12. The molecule has 0 fully saturated rings. The second-order valence-corrected chi connectivity index (χ2v) is 6.25. The average Bonchev–Trinajstić information content (AvgIpc) is 2.56. The van der Waals surface area contributed by atoms with E-state index < -0.39 is 0 Å². The van der Waals surface area contributed by atoms with E-state index in [0.29, 0.717) is 19.0 Å². The summed E-state index contributed by atoms with van der Waals surface area (Å²) < 4.78 is 12.1. The second-order valence-electron chi connectivity index (χ2n) is 5.00. The van der Waals surface area contributed by atoms with Crippen LogP contribution in [0.2, 0.25) is 0 Å². The van der Waals surface area contributed by atoms with E-state index in [2.05, 4.69) is 33.1 Å². The lowest BCUT2D eigenvalue weighted by atomic mass is 10.1. The van der Waals surface area contributed by atoms with Gasteiger partial charge in [-0.25, -0.2) is 5.43 Å². The Morgan fingerprint density at radius 2 is 1.87 bits per heavy atom. The highest BCUT2D eigenvalue weighted by molar-refractivity contribution is 14.1. The molecule has 5 nitrogen and oxygen atoms in total. The van der Waals surface area contributed by atoms with Gasteiger partial charge in [-0.3, -0.25) is 4.79 Å². The summed E-state index contributed by atoms with van der Waals surface area (Å²) in [6.45, 7) is 1.09. The number of rotatable bonds is 4. The molecule has 118 valence electrons. The number of hydrogen-bond acceptors (Lipinski definition) is 4. The maximum Gasteiger partial charge on any atom is 0.244 e. The van der Waals surface area contributed by atoms with E-state index >= 15 is 0 Å². The van der Waals surface area contributed by atoms with Gasteiger partial charge in [0, 0.05) is 3.57 Å². The standard InChI is InChI=1S/C17H15IN2O3/c18-14-4-1-12(2-5-14)11-19-20-17(21)10-13-3-6-15-16(9-13)23-8-7-22-15/h1-6,9,11H,7-8,10H2,(H,20,21)/b19-11+. The van der Waals surface area contributed by atoms with Gasteiger partial charge in [-0.15, -0.1) is 0 Å². The number of halogens is 1. The first-order chi connectivity index (χ1) is 11.2. The Bertz CT molecular complexity index is 729. The van der Waals surface area contributed by atoms with Crippen molar-refractivity contribution in [3.8, 4) is 11.5 Å². The summed E-state index contributed by atoms with van der Waals surface area (Å²) in [5, 5.41) is 3.97. The van der Waals surface area contributed by atoms with Gasteiger partial charge >= 0.3 is 0 Å². The molecule has 1 N–H and O–H groups in total. The van der Waals surface area contributed by atoms with Crippen LogP contribution in [0.3, 0.4) is 0 Å². The van der Waals surface area contributed by atoms with E-state index in [1.165, 1.54) is 0 Å². The normalized spacial score (nSPS) is 13.1. The highest BCUT2D eigenvalue weighted by atomic mass is 127. The smallest absolute Gasteiger partial charge is 0.244 e. The Hall–Kier alpha value is -2.09. The number of ether oxygens (including phenoxy) is 2. The Balaban J connectivity index is 1.56. The topological polar surface area (TPSA) is 59.9 Å². The van der Waals surface area contributed by atoms with Gasteiger partial charge in [0.25, 0.3) is 0 Å². The molecule has 0 spiro atoms. The van der Waals surface area contributed by atoms with Gasteiger partial charge in [-0.1, -0.05) is 18.2 Å². The van der Waals surface area contributed by atoms with Gasteiger partial charge in [0.15, 0.2) is 11.5 Å². The first-order valence-corrected chi connectivity index (χ1v) is 8.24. The van der Waals surface area contributed by atoms with Gasteiger partial charge < -0.3 is 9.47 Å². The highest BCUT2D eigenvalue weighted by Crippen LogP contribution is 2.30. The summed E-state index contributed by atoms with van der Waals surface area (Å²) in [6.07, 6.45) is 1.86. The predicted octanol–water partition coefficient (Wildman–Crippen LogP) is 2.76. The van der Waals surface area contributed by atoms with Crippen LogP contribution in [0.15, 0.2) is 47.6 Å². The van der Waals surface area contributed by atoms with Crippen molar-refractivity contribution in [2.75, 3.05) is 13.2 Å². The first kappa shape index (κ1) is 15.8. The Morgan fingerprint density at radius 1 is 1.13 bits per heavy atom. The molecule has 0 aromatic heterocycles. The van der Waals surface area contributed by atoms with Gasteiger partial charge in [-0.05, 0) is 58.0 Å². The molecule has 1 amide bonds. The van der Waals surface area contributed by atoms with Crippen LogP contribution in [-0.2, 0) is 11.2 Å². The minimum Gasteiger partial charge on any atom is -0.486 e. The van der Waals surface area contributed by atoms with E-state index in [1.54, 1.807) is 6.21 Å². The molecule has 1 aliphatic rings. The zero-order chi connectivity index (χ0) is 16.1. The van der Waals surface area contributed by atoms with Crippen LogP contribution in [-0.4, -0.2) is 25.3 Å². The van der Waals surface area contributed by atoms with Crippen molar-refractivity contribution in [3.63, 3.8) is 0 Å². The van der Waals surface area contributed by atoms with Crippen LogP contribution in [0.4, 0.5) is 0 Å². The van der Waals surface area contributed by atoms with Gasteiger partial charge in [-0.2, -0.15) is 5.10 Å². The SMILES string of the molecule is O=C(Cc1ccc2c(c1)OCCO2)N/N=C/c1ccc(I)cc1. The van der Waals surface area contributed by atoms with Crippen LogP contribution in [0, 0.1) is 3.57 Å². The second kappa shape index (κ2) is 7.45. The lowest BCUT2D eigenvalue weighted by Gasteiger charge is -2.18. The Morgan fingerprint density at radius 3 is 2.65 bits per heavy atom. The number of hydrogen-bond donors (Lipinski definition) is 1. The zero-order valence-electron chi connectivity index (χ0n) is 12.3. The molecule has 0 atom stereocenters. The fraction of sp³-hybridized carbons (Fsp3) is 0.176. The summed E-state index contributed by atoms with van der Waals surface area (Å²) in [6, 6.07) is 13.4. The van der Waals surface area contributed by atoms with E-state index in [0.717, 1.165) is 20.4 Å². The van der Waals surface area contributed by atoms with Crippen LogP contribution < -0.4 is 14.9 Å². The van der Waals surface area contributed by atoms with E-state index in [9.17, 15) is 4.79 Å². The fourth-order valence-electron chi connectivity index (χ4n) is 2.15. The molecule has 0 unspecified atom stereocenters. The molecule has 3 rings (SSSR count). The molecule has 0 bridgehead atoms. The maximum absolute atomic E-state index is 11.9. The number of amides is 1. The molecular formula is C17H15IN2O3. The van der Waals surface area contributed by atoms with Crippen molar-refractivity contribution in [1.29, 1.82) is 0 Å². The molecule has 2 aromatic rings. The zero-order valence-corrected chi connectivity index (χ0v) is 14.4. The molecule has 0 saturated heterocycles. The third-order valence-corrected chi connectivity index (χ3v) is 3.96. The third kappa shape index (κ3) is 4.44. The summed E-state index contributed by atoms with van der Waals surface area (Å²) in [5.74, 6) is 1.23. The van der Waals surface area contributed by atoms with Crippen molar-refractivity contribution < 1.29 is 14.3 Å². The Kier molecular flexibility index (Phi) is 5.12. The van der Waals surface area contributed by atoms with Crippen LogP contribution in [0.5, 0.6) is 11.5 Å². The third-order valence-electron chi connectivity index (χ3n) is 3.24. The number of carbonyl (C=O) groups excluding carboxylic acids is 1. The van der Waals surface area contributed by atoms with E-state index in [4.69, 9.17) is 9.47 Å². The molecule has 2 aromatic carbocycles. The summed E-state index contributed by atoms with van der Waals surface area (Å²) in [5.41, 5.74) is 4.32. The largest absolute Gasteiger partial charge is 0.486 e. The average molecular weight is 422 g/mol. The van der Waals surface area contributed by atoms with Crippen LogP contribution in [0.25, 0.3) is 0 Å². The fourth-order valence-corrected chi connectivity index (χ4v) is 2.51. The van der Waals surface area contributed by atoms with E-state index in [-0.39, 0.29) is 12.3 Å². The van der Waals surface area contributed by atoms with Crippen molar-refractivity contribution in [2.24, 2.45) is 5.10 Å². The molecular weight excluding hydrogens is 407 g/mol. The number of fused-ring (bicyclic) bond motifs is 1. The van der Waals surface area contributed by atoms with Crippen molar-refractivity contribution >= 4 is 34.7 Å². The van der Waals surface area contributed by atoms with Crippen LogP contribution in [0.1, 0.15) is 11.1 Å². The number of benzene rings is 2. The van der Waals surface area contributed by atoms with Crippen molar-refractivity contribution in [3.05, 3.63) is 57.2 Å². The molecule has 0 radical (unpaired) electrons. The van der Waals surface area contributed by atoms with Crippen molar-refractivity contribution in [1.82, 2.24) is 5.43 Å². The summed E-state index contributed by atoms with van der Waals surface area (Å²) in [7, 11) is 0. The molecule has 1 heterocycles. The molecule has 23 heavy (non-hydrogen) atoms. The molecule has 1 aliphatic heterocycles. The number of carbonyl (C=O) groups is 1.